The molecule has 26 heavy (non-hydrogen) atoms. The number of nitrogens with one attached hydrogen (secondary N) is 2. The number of rotatable bonds is 5. The van der Waals surface area contributed by atoms with Crippen molar-refractivity contribution < 1.29 is 4.79 Å². The van der Waals surface area contributed by atoms with Crippen molar-refractivity contribution >= 4 is 16.9 Å². The number of H-pyrrole nitrogens is 2. The van der Waals surface area contributed by atoms with E-state index >= 15 is 0 Å². The standard InChI is InChI=1S/C19H20N4O3/c1-3-9-23(11-13-7-5-4-6-8-13)18(25)14-10-12(2)15-16(20-14)21-19(26)22-17(15)24/h4-8,10H,3,9,11H2,1-2H3,(H2,20,21,22,24,26). The highest BCUT2D eigenvalue weighted by Gasteiger charge is 2.19. The quantitative estimate of drug-likeness (QED) is 0.733. The molecule has 0 bridgehead atoms. The van der Waals surface area contributed by atoms with E-state index in [1.54, 1.807) is 17.9 Å². The first kappa shape index (κ1) is 17.6. The Morgan fingerprint density at radius 3 is 2.58 bits per heavy atom. The summed E-state index contributed by atoms with van der Waals surface area (Å²) < 4.78 is 0. The van der Waals surface area contributed by atoms with Gasteiger partial charge in [0, 0.05) is 13.1 Å². The zero-order valence-electron chi connectivity index (χ0n) is 14.7. The Hall–Kier alpha value is -3.22. The normalized spacial score (nSPS) is 10.8. The van der Waals surface area contributed by atoms with Gasteiger partial charge in [-0.05, 0) is 30.5 Å². The molecule has 0 aliphatic carbocycles. The minimum Gasteiger partial charge on any atom is -0.333 e. The monoisotopic (exact) mass is 352 g/mol. The van der Waals surface area contributed by atoms with E-state index < -0.39 is 11.2 Å². The fourth-order valence-electron chi connectivity index (χ4n) is 2.95. The largest absolute Gasteiger partial charge is 0.333 e. The molecule has 134 valence electrons. The third kappa shape index (κ3) is 3.56. The summed E-state index contributed by atoms with van der Waals surface area (Å²) in [5.41, 5.74) is 0.790. The number of nitrogens with zero attached hydrogens (tertiary/aromatic N) is 2. The van der Waals surface area contributed by atoms with Crippen molar-refractivity contribution in [1.82, 2.24) is 19.9 Å². The van der Waals surface area contributed by atoms with E-state index in [0.717, 1.165) is 12.0 Å². The molecule has 0 fully saturated rings. The van der Waals surface area contributed by atoms with E-state index in [1.165, 1.54) is 0 Å². The maximum Gasteiger partial charge on any atom is 0.327 e. The molecule has 7 nitrogen and oxygen atoms in total. The Balaban J connectivity index is 2.01. The van der Waals surface area contributed by atoms with Crippen LogP contribution < -0.4 is 11.2 Å². The van der Waals surface area contributed by atoms with Gasteiger partial charge in [0.2, 0.25) is 0 Å². The number of carbonyl (C=O) groups excluding carboxylic acids is 1. The molecule has 2 N–H and O–H groups in total. The highest BCUT2D eigenvalue weighted by atomic mass is 16.2. The second kappa shape index (κ2) is 7.35. The molecule has 0 unspecified atom stereocenters. The van der Waals surface area contributed by atoms with Crippen LogP contribution in [0.3, 0.4) is 0 Å². The second-order valence-electron chi connectivity index (χ2n) is 6.17. The minimum absolute atomic E-state index is 0.123. The first-order chi connectivity index (χ1) is 12.5. The molecule has 2 heterocycles. The topological polar surface area (TPSA) is 98.9 Å². The number of hydrogen-bond acceptors (Lipinski definition) is 4. The number of fused-ring (bicyclic) bond motifs is 1. The van der Waals surface area contributed by atoms with E-state index in [-0.39, 0.29) is 22.6 Å². The summed E-state index contributed by atoms with van der Waals surface area (Å²) in [6.07, 6.45) is 0.807. The molecule has 3 rings (SSSR count). The van der Waals surface area contributed by atoms with Gasteiger partial charge in [0.05, 0.1) is 5.39 Å². The van der Waals surface area contributed by atoms with Crippen LogP contribution >= 0.6 is 0 Å². The average Bonchev–Trinajstić information content (AvgIpc) is 2.60. The van der Waals surface area contributed by atoms with E-state index in [9.17, 15) is 14.4 Å². The van der Waals surface area contributed by atoms with Crippen molar-refractivity contribution in [3.05, 3.63) is 74.1 Å². The number of carbonyl (C=O) groups is 1. The third-order valence-corrected chi connectivity index (χ3v) is 4.12. The van der Waals surface area contributed by atoms with Crippen LogP contribution in [0.15, 0.2) is 46.0 Å². The fourth-order valence-corrected chi connectivity index (χ4v) is 2.95. The summed E-state index contributed by atoms with van der Waals surface area (Å²) >= 11 is 0. The molecule has 0 saturated heterocycles. The van der Waals surface area contributed by atoms with Crippen LogP contribution in [0.25, 0.3) is 11.0 Å². The summed E-state index contributed by atoms with van der Waals surface area (Å²) in [7, 11) is 0. The lowest BCUT2D eigenvalue weighted by Crippen LogP contribution is -2.32. The van der Waals surface area contributed by atoms with Crippen LogP contribution in [0.5, 0.6) is 0 Å². The van der Waals surface area contributed by atoms with Gasteiger partial charge < -0.3 is 4.90 Å². The van der Waals surface area contributed by atoms with Crippen LogP contribution in [-0.4, -0.2) is 32.3 Å². The Morgan fingerprint density at radius 1 is 1.15 bits per heavy atom. The van der Waals surface area contributed by atoms with Gasteiger partial charge >= 0.3 is 5.69 Å². The van der Waals surface area contributed by atoms with Gasteiger partial charge in [0.15, 0.2) is 0 Å². The van der Waals surface area contributed by atoms with Crippen molar-refractivity contribution in [1.29, 1.82) is 0 Å². The Bertz CT molecular complexity index is 1050. The number of aryl methyl sites for hydroxylation is 1. The molecular formula is C19H20N4O3. The van der Waals surface area contributed by atoms with Gasteiger partial charge in [-0.15, -0.1) is 0 Å². The summed E-state index contributed by atoms with van der Waals surface area (Å²) in [5.74, 6) is -0.234. The lowest BCUT2D eigenvalue weighted by atomic mass is 10.1. The first-order valence-corrected chi connectivity index (χ1v) is 8.46. The van der Waals surface area contributed by atoms with Crippen LogP contribution in [0.1, 0.15) is 35.0 Å². The van der Waals surface area contributed by atoms with Crippen molar-refractivity contribution in [3.63, 3.8) is 0 Å². The number of amides is 1. The summed E-state index contributed by atoms with van der Waals surface area (Å²) in [4.78, 5) is 47.1. The molecule has 1 amide bonds. The number of benzene rings is 1. The van der Waals surface area contributed by atoms with Gasteiger partial charge in [0.1, 0.15) is 11.3 Å². The van der Waals surface area contributed by atoms with Gasteiger partial charge in [-0.25, -0.2) is 9.78 Å². The van der Waals surface area contributed by atoms with Crippen LogP contribution in [0, 0.1) is 6.92 Å². The van der Waals surface area contributed by atoms with E-state index in [2.05, 4.69) is 15.0 Å². The molecule has 0 atom stereocenters. The Morgan fingerprint density at radius 2 is 1.88 bits per heavy atom. The average molecular weight is 352 g/mol. The van der Waals surface area contributed by atoms with Crippen LogP contribution in [0.2, 0.25) is 0 Å². The summed E-state index contributed by atoms with van der Waals surface area (Å²) in [5, 5.41) is 0.284. The smallest absolute Gasteiger partial charge is 0.327 e. The molecule has 0 aliphatic heterocycles. The van der Waals surface area contributed by atoms with Gasteiger partial charge in [-0.3, -0.25) is 19.6 Å². The SMILES string of the molecule is CCCN(Cc1ccccc1)C(=O)c1cc(C)c2c(=O)[nH]c(=O)[nH]c2n1. The molecule has 7 heteroatoms. The van der Waals surface area contributed by atoms with Crippen LogP contribution in [0.4, 0.5) is 0 Å². The van der Waals surface area contributed by atoms with Crippen molar-refractivity contribution in [2.75, 3.05) is 6.54 Å². The number of aromatic amines is 2. The highest BCUT2D eigenvalue weighted by Crippen LogP contribution is 2.14. The highest BCUT2D eigenvalue weighted by molar-refractivity contribution is 5.95. The van der Waals surface area contributed by atoms with Crippen molar-refractivity contribution in [2.45, 2.75) is 26.8 Å². The zero-order chi connectivity index (χ0) is 18.7. The molecule has 0 saturated carbocycles. The zero-order valence-corrected chi connectivity index (χ0v) is 14.7. The maximum absolute atomic E-state index is 13.0. The lowest BCUT2D eigenvalue weighted by molar-refractivity contribution is 0.0737. The van der Waals surface area contributed by atoms with E-state index in [4.69, 9.17) is 0 Å². The van der Waals surface area contributed by atoms with E-state index in [0.29, 0.717) is 18.7 Å². The van der Waals surface area contributed by atoms with Crippen molar-refractivity contribution in [3.8, 4) is 0 Å². The Kier molecular flexibility index (Phi) is 4.97. The second-order valence-corrected chi connectivity index (χ2v) is 6.17. The molecule has 1 aromatic carbocycles. The molecular weight excluding hydrogens is 332 g/mol. The molecule has 0 aliphatic rings. The van der Waals surface area contributed by atoms with E-state index in [1.807, 2.05) is 37.3 Å². The number of aromatic nitrogens is 3. The lowest BCUT2D eigenvalue weighted by Gasteiger charge is -2.22. The number of pyridine rings is 1. The molecule has 0 spiro atoms. The fraction of sp³-hybridized carbons (Fsp3) is 0.263. The Labute approximate surface area is 149 Å². The predicted molar refractivity (Wildman–Crippen MR) is 99.2 cm³/mol. The molecule has 0 radical (unpaired) electrons. The molecule has 2 aromatic heterocycles. The first-order valence-electron chi connectivity index (χ1n) is 8.46. The van der Waals surface area contributed by atoms with Crippen LogP contribution in [-0.2, 0) is 6.54 Å². The summed E-state index contributed by atoms with van der Waals surface area (Å²) in [6, 6.07) is 11.3. The summed E-state index contributed by atoms with van der Waals surface area (Å²) in [6.45, 7) is 4.77. The van der Waals surface area contributed by atoms with Crippen molar-refractivity contribution in [2.24, 2.45) is 0 Å². The van der Waals surface area contributed by atoms with Gasteiger partial charge in [-0.1, -0.05) is 37.3 Å². The molecule has 3 aromatic rings. The maximum atomic E-state index is 13.0. The third-order valence-electron chi connectivity index (χ3n) is 4.12. The van der Waals surface area contributed by atoms with Gasteiger partial charge in [-0.2, -0.15) is 0 Å². The number of hydrogen-bond donors (Lipinski definition) is 2. The predicted octanol–water partition coefficient (Wildman–Crippen LogP) is 1.97. The van der Waals surface area contributed by atoms with Gasteiger partial charge in [0.25, 0.3) is 11.5 Å². The minimum atomic E-state index is -0.645.